The van der Waals surface area contributed by atoms with Gasteiger partial charge in [0.05, 0.1) is 4.92 Å². The van der Waals surface area contributed by atoms with Crippen molar-refractivity contribution >= 4 is 34.8 Å². The van der Waals surface area contributed by atoms with E-state index in [0.29, 0.717) is 10.7 Å². The van der Waals surface area contributed by atoms with Crippen molar-refractivity contribution in [3.05, 3.63) is 69.2 Å². The molecular weight excluding hydrogens is 334 g/mol. The highest BCUT2D eigenvalue weighted by molar-refractivity contribution is 6.30. The molecule has 0 saturated heterocycles. The van der Waals surface area contributed by atoms with Gasteiger partial charge in [-0.05, 0) is 31.2 Å². The van der Waals surface area contributed by atoms with Gasteiger partial charge in [0.25, 0.3) is 11.6 Å². The molecule has 0 fully saturated rings. The summed E-state index contributed by atoms with van der Waals surface area (Å²) in [6.45, 7) is 1.51. The predicted molar refractivity (Wildman–Crippen MR) is 90.1 cm³/mol. The van der Waals surface area contributed by atoms with Crippen molar-refractivity contribution < 1.29 is 14.5 Å². The Kier molecular flexibility index (Phi) is 5.49. The molecule has 0 aliphatic rings. The van der Waals surface area contributed by atoms with Crippen LogP contribution in [0, 0.1) is 10.1 Å². The highest BCUT2D eigenvalue weighted by Gasteiger charge is 2.18. The number of carbonyl (C=O) groups is 2. The van der Waals surface area contributed by atoms with Gasteiger partial charge >= 0.3 is 0 Å². The molecule has 0 aliphatic heterocycles. The van der Waals surface area contributed by atoms with Crippen LogP contribution in [0.3, 0.4) is 0 Å². The van der Waals surface area contributed by atoms with Crippen LogP contribution in [0.1, 0.15) is 17.3 Å². The van der Waals surface area contributed by atoms with Gasteiger partial charge in [-0.15, -0.1) is 0 Å². The maximum atomic E-state index is 12.1. The van der Waals surface area contributed by atoms with Crippen molar-refractivity contribution in [2.24, 2.45) is 0 Å². The van der Waals surface area contributed by atoms with Crippen LogP contribution in [0.4, 0.5) is 11.4 Å². The van der Waals surface area contributed by atoms with Crippen LogP contribution in [0.15, 0.2) is 48.5 Å². The third-order valence-electron chi connectivity index (χ3n) is 3.15. The molecular formula is C16H14ClN3O4. The molecule has 1 unspecified atom stereocenters. The number of rotatable bonds is 5. The van der Waals surface area contributed by atoms with Gasteiger partial charge in [-0.3, -0.25) is 19.7 Å². The SMILES string of the molecule is CC(NC(=O)c1cccc([N+](=O)[O-])c1)C(=O)Nc1cccc(Cl)c1. The third-order valence-corrected chi connectivity index (χ3v) is 3.39. The van der Waals surface area contributed by atoms with E-state index in [1.807, 2.05) is 0 Å². The van der Waals surface area contributed by atoms with Gasteiger partial charge in [0, 0.05) is 28.4 Å². The lowest BCUT2D eigenvalue weighted by Crippen LogP contribution is -2.41. The number of nitro benzene ring substituents is 1. The highest BCUT2D eigenvalue weighted by Crippen LogP contribution is 2.15. The Bertz CT molecular complexity index is 794. The standard InChI is InChI=1S/C16H14ClN3O4/c1-10(15(21)19-13-6-3-5-12(17)9-13)18-16(22)11-4-2-7-14(8-11)20(23)24/h2-10H,1H3,(H,18,22)(H,19,21). The number of hydrogen-bond donors (Lipinski definition) is 2. The van der Waals surface area contributed by atoms with Crippen LogP contribution in [-0.4, -0.2) is 22.8 Å². The lowest BCUT2D eigenvalue weighted by molar-refractivity contribution is -0.384. The van der Waals surface area contributed by atoms with Crippen LogP contribution >= 0.6 is 11.6 Å². The summed E-state index contributed by atoms with van der Waals surface area (Å²) in [5.74, 6) is -1.01. The Labute approximate surface area is 142 Å². The predicted octanol–water partition coefficient (Wildman–Crippen LogP) is 3.01. The minimum absolute atomic E-state index is 0.103. The van der Waals surface area contributed by atoms with Gasteiger partial charge in [0.1, 0.15) is 6.04 Å². The summed E-state index contributed by atoms with van der Waals surface area (Å²) in [5, 5.41) is 16.3. The van der Waals surface area contributed by atoms with E-state index in [0.717, 1.165) is 6.07 Å². The maximum absolute atomic E-state index is 12.1. The number of non-ortho nitro benzene ring substituents is 1. The topological polar surface area (TPSA) is 101 Å². The number of nitrogens with zero attached hydrogens (tertiary/aromatic N) is 1. The van der Waals surface area contributed by atoms with Crippen molar-refractivity contribution in [3.63, 3.8) is 0 Å². The molecule has 0 aliphatic carbocycles. The fraction of sp³-hybridized carbons (Fsp3) is 0.125. The Balaban J connectivity index is 2.01. The van der Waals surface area contributed by atoms with Gasteiger partial charge in [-0.1, -0.05) is 23.7 Å². The first-order valence-electron chi connectivity index (χ1n) is 6.98. The Morgan fingerprint density at radius 1 is 1.17 bits per heavy atom. The zero-order chi connectivity index (χ0) is 17.7. The monoisotopic (exact) mass is 347 g/mol. The number of hydrogen-bond acceptors (Lipinski definition) is 4. The Morgan fingerprint density at radius 2 is 1.88 bits per heavy atom. The molecule has 1 atom stereocenters. The van der Waals surface area contributed by atoms with E-state index < -0.39 is 22.8 Å². The quantitative estimate of drug-likeness (QED) is 0.641. The first kappa shape index (κ1) is 17.4. The summed E-state index contributed by atoms with van der Waals surface area (Å²) < 4.78 is 0. The summed E-state index contributed by atoms with van der Waals surface area (Å²) >= 11 is 5.84. The number of amides is 2. The average molecular weight is 348 g/mol. The van der Waals surface area contributed by atoms with E-state index >= 15 is 0 Å². The maximum Gasteiger partial charge on any atom is 0.270 e. The lowest BCUT2D eigenvalue weighted by atomic mass is 10.1. The fourth-order valence-corrected chi connectivity index (χ4v) is 2.11. The zero-order valence-corrected chi connectivity index (χ0v) is 13.4. The molecule has 2 rings (SSSR count). The molecule has 8 heteroatoms. The minimum Gasteiger partial charge on any atom is -0.341 e. The minimum atomic E-state index is -0.837. The van der Waals surface area contributed by atoms with Crippen molar-refractivity contribution in [2.75, 3.05) is 5.32 Å². The Morgan fingerprint density at radius 3 is 2.54 bits per heavy atom. The van der Waals surface area contributed by atoms with E-state index in [1.165, 1.54) is 25.1 Å². The Hall–Kier alpha value is -2.93. The van der Waals surface area contributed by atoms with Gasteiger partial charge in [0.15, 0.2) is 0 Å². The van der Waals surface area contributed by atoms with Gasteiger partial charge < -0.3 is 10.6 Å². The summed E-state index contributed by atoms with van der Waals surface area (Å²) in [6, 6.07) is 11.0. The van der Waals surface area contributed by atoms with E-state index in [2.05, 4.69) is 10.6 Å². The van der Waals surface area contributed by atoms with Gasteiger partial charge in [-0.25, -0.2) is 0 Å². The lowest BCUT2D eigenvalue weighted by Gasteiger charge is -2.14. The van der Waals surface area contributed by atoms with Crippen LogP contribution in [0.5, 0.6) is 0 Å². The molecule has 0 spiro atoms. The summed E-state index contributed by atoms with van der Waals surface area (Å²) in [5.41, 5.74) is 0.411. The first-order chi connectivity index (χ1) is 11.4. The second-order valence-corrected chi connectivity index (χ2v) is 5.44. The number of anilines is 1. The second kappa shape index (κ2) is 7.56. The van der Waals surface area contributed by atoms with E-state index in [-0.39, 0.29) is 11.3 Å². The van der Waals surface area contributed by atoms with E-state index in [1.54, 1.807) is 24.3 Å². The number of halogens is 1. The number of benzene rings is 2. The van der Waals surface area contributed by atoms with E-state index in [4.69, 9.17) is 11.6 Å². The molecule has 0 bridgehead atoms. The number of carbonyl (C=O) groups excluding carboxylic acids is 2. The molecule has 2 amide bonds. The zero-order valence-electron chi connectivity index (χ0n) is 12.7. The van der Waals surface area contributed by atoms with Crippen molar-refractivity contribution in [2.45, 2.75) is 13.0 Å². The molecule has 124 valence electrons. The smallest absolute Gasteiger partial charge is 0.270 e. The van der Waals surface area contributed by atoms with Crippen LogP contribution < -0.4 is 10.6 Å². The van der Waals surface area contributed by atoms with Crippen LogP contribution in [-0.2, 0) is 4.79 Å². The van der Waals surface area contributed by atoms with Crippen LogP contribution in [0.25, 0.3) is 0 Å². The average Bonchev–Trinajstić information content (AvgIpc) is 2.54. The first-order valence-corrected chi connectivity index (χ1v) is 7.36. The third kappa shape index (κ3) is 4.53. The number of nitrogens with one attached hydrogen (secondary N) is 2. The molecule has 24 heavy (non-hydrogen) atoms. The molecule has 2 aromatic rings. The van der Waals surface area contributed by atoms with Crippen molar-refractivity contribution in [1.29, 1.82) is 0 Å². The molecule has 2 aromatic carbocycles. The number of nitro groups is 1. The van der Waals surface area contributed by atoms with Crippen molar-refractivity contribution in [1.82, 2.24) is 5.32 Å². The normalized spacial score (nSPS) is 11.4. The van der Waals surface area contributed by atoms with Gasteiger partial charge in [-0.2, -0.15) is 0 Å². The van der Waals surface area contributed by atoms with Crippen molar-refractivity contribution in [3.8, 4) is 0 Å². The molecule has 7 nitrogen and oxygen atoms in total. The fourth-order valence-electron chi connectivity index (χ4n) is 1.92. The van der Waals surface area contributed by atoms with Gasteiger partial charge in [0.2, 0.25) is 5.91 Å². The largest absolute Gasteiger partial charge is 0.341 e. The highest BCUT2D eigenvalue weighted by atomic mass is 35.5. The second-order valence-electron chi connectivity index (χ2n) is 5.00. The molecule has 0 heterocycles. The van der Waals surface area contributed by atoms with Crippen LogP contribution in [0.2, 0.25) is 5.02 Å². The summed E-state index contributed by atoms with van der Waals surface area (Å²) in [4.78, 5) is 34.3. The molecule has 2 N–H and O–H groups in total. The van der Waals surface area contributed by atoms with E-state index in [9.17, 15) is 19.7 Å². The summed E-state index contributed by atoms with van der Waals surface area (Å²) in [6.07, 6.45) is 0. The molecule has 0 aromatic heterocycles. The molecule has 0 radical (unpaired) electrons. The summed E-state index contributed by atoms with van der Waals surface area (Å²) in [7, 11) is 0. The molecule has 0 saturated carbocycles.